The van der Waals surface area contributed by atoms with Crippen molar-refractivity contribution in [2.45, 2.75) is 6.54 Å². The Balaban J connectivity index is 1.71. The van der Waals surface area contributed by atoms with Crippen LogP contribution in [-0.2, 0) is 11.3 Å². The maximum Gasteiger partial charge on any atom is 0.365 e. The first-order valence-electron chi connectivity index (χ1n) is 8.11. The van der Waals surface area contributed by atoms with Gasteiger partial charge in [0.25, 0.3) is 0 Å². The predicted molar refractivity (Wildman–Crippen MR) is 99.9 cm³/mol. The molecule has 0 aliphatic carbocycles. The van der Waals surface area contributed by atoms with Gasteiger partial charge in [0.15, 0.2) is 0 Å². The van der Waals surface area contributed by atoms with Crippen LogP contribution in [0, 0.1) is 0 Å². The summed E-state index contributed by atoms with van der Waals surface area (Å²) in [6.07, 6.45) is 1.44. The molecule has 8 heteroatoms. The van der Waals surface area contributed by atoms with Crippen molar-refractivity contribution < 1.29 is 14.3 Å². The monoisotopic (exact) mass is 366 g/mol. The third kappa shape index (κ3) is 4.49. The van der Waals surface area contributed by atoms with Gasteiger partial charge in [0.2, 0.25) is 5.91 Å². The van der Waals surface area contributed by atoms with Crippen LogP contribution in [0.3, 0.4) is 0 Å². The van der Waals surface area contributed by atoms with Gasteiger partial charge in [0.05, 0.1) is 26.1 Å². The van der Waals surface area contributed by atoms with Crippen molar-refractivity contribution in [1.29, 1.82) is 0 Å². The number of nitrogens with zero attached hydrogens (tertiary/aromatic N) is 3. The first kappa shape index (κ1) is 18.1. The molecule has 0 saturated carbocycles. The molecule has 1 amide bonds. The smallest absolute Gasteiger partial charge is 0.365 e. The zero-order chi connectivity index (χ0) is 19.2. The Labute approximate surface area is 155 Å². The number of nitrogens with one attached hydrogen (secondary N) is 1. The molecule has 138 valence electrons. The summed E-state index contributed by atoms with van der Waals surface area (Å²) in [4.78, 5) is 28.3. The molecule has 0 atom stereocenters. The molecule has 27 heavy (non-hydrogen) atoms. The topological polar surface area (TPSA) is 95.3 Å². The highest BCUT2D eigenvalue weighted by atomic mass is 16.5. The van der Waals surface area contributed by atoms with E-state index in [-0.39, 0.29) is 12.5 Å². The van der Waals surface area contributed by atoms with E-state index in [1.165, 1.54) is 6.20 Å². The maximum atomic E-state index is 12.2. The first-order chi connectivity index (χ1) is 13.1. The molecular weight excluding hydrogens is 348 g/mol. The van der Waals surface area contributed by atoms with E-state index in [1.807, 2.05) is 0 Å². The van der Waals surface area contributed by atoms with E-state index >= 15 is 0 Å². The van der Waals surface area contributed by atoms with Crippen molar-refractivity contribution in [3.05, 3.63) is 65.2 Å². The number of benzene rings is 2. The SMILES string of the molecule is COc1ccc(NC(=O)Cn2ncc(-c3cccc(OC)c3)nc2=O)cc1. The lowest BCUT2D eigenvalue weighted by atomic mass is 10.1. The van der Waals surface area contributed by atoms with E-state index in [0.29, 0.717) is 28.4 Å². The normalized spacial score (nSPS) is 10.3. The highest BCUT2D eigenvalue weighted by molar-refractivity contribution is 5.90. The summed E-state index contributed by atoms with van der Waals surface area (Å²) < 4.78 is 11.2. The second kappa shape index (κ2) is 8.13. The zero-order valence-corrected chi connectivity index (χ0v) is 14.9. The summed E-state index contributed by atoms with van der Waals surface area (Å²) in [5.74, 6) is 0.950. The summed E-state index contributed by atoms with van der Waals surface area (Å²) in [5.41, 5.74) is 1.09. The maximum absolute atomic E-state index is 12.2. The molecule has 2 aromatic carbocycles. The number of hydrogen-bond donors (Lipinski definition) is 1. The van der Waals surface area contributed by atoms with Crippen LogP contribution in [0.5, 0.6) is 11.5 Å². The minimum atomic E-state index is -0.611. The van der Waals surface area contributed by atoms with Crippen LogP contribution in [0.4, 0.5) is 5.69 Å². The van der Waals surface area contributed by atoms with Crippen LogP contribution in [-0.4, -0.2) is 34.9 Å². The molecule has 8 nitrogen and oxygen atoms in total. The van der Waals surface area contributed by atoms with Gasteiger partial charge in [0, 0.05) is 11.3 Å². The number of hydrogen-bond acceptors (Lipinski definition) is 6. The average molecular weight is 366 g/mol. The minimum absolute atomic E-state index is 0.240. The van der Waals surface area contributed by atoms with Crippen LogP contribution in [0.15, 0.2) is 59.5 Å². The number of amides is 1. The third-order valence-electron chi connectivity index (χ3n) is 3.79. The van der Waals surface area contributed by atoms with Crippen LogP contribution < -0.4 is 20.5 Å². The average Bonchev–Trinajstić information content (AvgIpc) is 2.70. The number of carbonyl (C=O) groups is 1. The molecule has 0 fully saturated rings. The van der Waals surface area contributed by atoms with Crippen LogP contribution in [0.1, 0.15) is 0 Å². The fourth-order valence-corrected chi connectivity index (χ4v) is 2.40. The lowest BCUT2D eigenvalue weighted by molar-refractivity contribution is -0.117. The lowest BCUT2D eigenvalue weighted by Crippen LogP contribution is -2.31. The number of aromatic nitrogens is 3. The summed E-state index contributed by atoms with van der Waals surface area (Å²) in [5, 5.41) is 6.73. The first-order valence-corrected chi connectivity index (χ1v) is 8.11. The van der Waals surface area contributed by atoms with Crippen molar-refractivity contribution in [2.24, 2.45) is 0 Å². The fourth-order valence-electron chi connectivity index (χ4n) is 2.40. The van der Waals surface area contributed by atoms with Gasteiger partial charge in [-0.05, 0) is 36.4 Å². The number of methoxy groups -OCH3 is 2. The second-order valence-corrected chi connectivity index (χ2v) is 5.59. The summed E-state index contributed by atoms with van der Waals surface area (Å²) in [6, 6.07) is 14.0. The number of ether oxygens (including phenoxy) is 2. The molecule has 3 rings (SSSR count). The molecule has 0 spiro atoms. The molecule has 1 heterocycles. The van der Waals surface area contributed by atoms with Crippen molar-refractivity contribution >= 4 is 11.6 Å². The second-order valence-electron chi connectivity index (χ2n) is 5.59. The molecule has 0 unspecified atom stereocenters. The lowest BCUT2D eigenvalue weighted by Gasteiger charge is -2.08. The fraction of sp³-hybridized carbons (Fsp3) is 0.158. The van der Waals surface area contributed by atoms with Crippen molar-refractivity contribution in [1.82, 2.24) is 14.8 Å². The molecule has 0 aliphatic rings. The van der Waals surface area contributed by atoms with E-state index in [1.54, 1.807) is 62.8 Å². The Kier molecular flexibility index (Phi) is 5.46. The van der Waals surface area contributed by atoms with Gasteiger partial charge in [0.1, 0.15) is 18.0 Å². The van der Waals surface area contributed by atoms with E-state index in [9.17, 15) is 9.59 Å². The van der Waals surface area contributed by atoms with Gasteiger partial charge in [-0.1, -0.05) is 12.1 Å². The molecule has 0 bridgehead atoms. The Morgan fingerprint density at radius 3 is 2.48 bits per heavy atom. The Hall–Kier alpha value is -3.68. The Bertz CT molecular complexity index is 999. The highest BCUT2D eigenvalue weighted by Crippen LogP contribution is 2.20. The summed E-state index contributed by atoms with van der Waals surface area (Å²) in [7, 11) is 3.12. The van der Waals surface area contributed by atoms with Gasteiger partial charge < -0.3 is 14.8 Å². The van der Waals surface area contributed by atoms with Crippen molar-refractivity contribution in [3.8, 4) is 22.8 Å². The number of anilines is 1. The zero-order valence-electron chi connectivity index (χ0n) is 14.9. The Morgan fingerprint density at radius 1 is 1.07 bits per heavy atom. The quantitative estimate of drug-likeness (QED) is 0.717. The predicted octanol–water partition coefficient (Wildman–Crippen LogP) is 1.96. The molecule has 0 radical (unpaired) electrons. The van der Waals surface area contributed by atoms with Crippen LogP contribution >= 0.6 is 0 Å². The minimum Gasteiger partial charge on any atom is -0.497 e. The molecular formula is C19H18N4O4. The highest BCUT2D eigenvalue weighted by Gasteiger charge is 2.09. The molecule has 3 aromatic rings. The van der Waals surface area contributed by atoms with E-state index in [4.69, 9.17) is 9.47 Å². The molecule has 1 N–H and O–H groups in total. The standard InChI is InChI=1S/C19H18N4O4/c1-26-15-8-6-14(7-9-15)21-18(24)12-23-19(25)22-17(11-20-23)13-4-3-5-16(10-13)27-2/h3-11H,12H2,1-2H3,(H,21,24). The van der Waals surface area contributed by atoms with Gasteiger partial charge >= 0.3 is 5.69 Å². The largest absolute Gasteiger partial charge is 0.497 e. The summed E-state index contributed by atoms with van der Waals surface area (Å²) in [6.45, 7) is -0.240. The van der Waals surface area contributed by atoms with Gasteiger partial charge in [-0.15, -0.1) is 0 Å². The van der Waals surface area contributed by atoms with Crippen LogP contribution in [0.25, 0.3) is 11.3 Å². The van der Waals surface area contributed by atoms with Gasteiger partial charge in [-0.3, -0.25) is 4.79 Å². The summed E-state index contributed by atoms with van der Waals surface area (Å²) >= 11 is 0. The van der Waals surface area contributed by atoms with E-state index in [0.717, 1.165) is 4.68 Å². The van der Waals surface area contributed by atoms with Crippen molar-refractivity contribution in [3.63, 3.8) is 0 Å². The van der Waals surface area contributed by atoms with Gasteiger partial charge in [-0.2, -0.15) is 10.1 Å². The Morgan fingerprint density at radius 2 is 1.81 bits per heavy atom. The van der Waals surface area contributed by atoms with Crippen molar-refractivity contribution in [2.75, 3.05) is 19.5 Å². The number of rotatable bonds is 6. The molecule has 1 aromatic heterocycles. The number of carbonyl (C=O) groups excluding carboxylic acids is 1. The van der Waals surface area contributed by atoms with E-state index < -0.39 is 5.69 Å². The van der Waals surface area contributed by atoms with Gasteiger partial charge in [-0.25, -0.2) is 9.48 Å². The molecule has 0 aliphatic heterocycles. The van der Waals surface area contributed by atoms with E-state index in [2.05, 4.69) is 15.4 Å². The van der Waals surface area contributed by atoms with Crippen LogP contribution in [0.2, 0.25) is 0 Å². The molecule has 0 saturated heterocycles. The third-order valence-corrected chi connectivity index (χ3v) is 3.79.